The van der Waals surface area contributed by atoms with Gasteiger partial charge in [0.25, 0.3) is 0 Å². The number of esters is 1. The van der Waals surface area contributed by atoms with Crippen molar-refractivity contribution < 1.29 is 14.3 Å². The van der Waals surface area contributed by atoms with Crippen molar-refractivity contribution in [1.29, 1.82) is 0 Å². The first-order chi connectivity index (χ1) is 11.7. The van der Waals surface area contributed by atoms with Gasteiger partial charge in [-0.05, 0) is 25.0 Å². The van der Waals surface area contributed by atoms with Crippen LogP contribution in [0.5, 0.6) is 0 Å². The SMILES string of the molecule is CCOC(=O)c1csc(NC(=O)CCc2c[nH]c3ccccc23)n1. The number of nitrogens with zero attached hydrogens (tertiary/aromatic N) is 1. The lowest BCUT2D eigenvalue weighted by Crippen LogP contribution is -2.12. The van der Waals surface area contributed by atoms with Crippen LogP contribution >= 0.6 is 11.3 Å². The topological polar surface area (TPSA) is 84.1 Å². The van der Waals surface area contributed by atoms with Crippen LogP contribution in [0.4, 0.5) is 5.13 Å². The van der Waals surface area contributed by atoms with E-state index in [-0.39, 0.29) is 11.6 Å². The maximum atomic E-state index is 12.1. The third-order valence-corrected chi connectivity index (χ3v) is 4.29. The van der Waals surface area contributed by atoms with Crippen LogP contribution < -0.4 is 5.32 Å². The van der Waals surface area contributed by atoms with Crippen molar-refractivity contribution in [2.24, 2.45) is 0 Å². The van der Waals surface area contributed by atoms with Gasteiger partial charge in [0.15, 0.2) is 10.8 Å². The third-order valence-electron chi connectivity index (χ3n) is 3.53. The highest BCUT2D eigenvalue weighted by atomic mass is 32.1. The number of hydrogen-bond acceptors (Lipinski definition) is 5. The second kappa shape index (κ2) is 7.27. The number of rotatable bonds is 6. The van der Waals surface area contributed by atoms with E-state index in [9.17, 15) is 9.59 Å². The molecule has 0 fully saturated rings. The highest BCUT2D eigenvalue weighted by Gasteiger charge is 2.13. The van der Waals surface area contributed by atoms with Crippen molar-refractivity contribution in [2.45, 2.75) is 19.8 Å². The minimum absolute atomic E-state index is 0.134. The minimum atomic E-state index is -0.479. The average Bonchev–Trinajstić information content (AvgIpc) is 3.20. The Kier molecular flexibility index (Phi) is 4.90. The molecule has 1 aromatic carbocycles. The van der Waals surface area contributed by atoms with Crippen LogP contribution in [-0.2, 0) is 16.0 Å². The van der Waals surface area contributed by atoms with E-state index < -0.39 is 5.97 Å². The fraction of sp³-hybridized carbons (Fsp3) is 0.235. The molecular formula is C17H17N3O3S. The second-order valence-electron chi connectivity index (χ2n) is 5.17. The lowest BCUT2D eigenvalue weighted by molar-refractivity contribution is -0.116. The van der Waals surface area contributed by atoms with Gasteiger partial charge >= 0.3 is 5.97 Å². The number of anilines is 1. The molecule has 0 radical (unpaired) electrons. The lowest BCUT2D eigenvalue weighted by atomic mass is 10.1. The molecule has 0 aliphatic heterocycles. The third kappa shape index (κ3) is 3.62. The van der Waals surface area contributed by atoms with Crippen molar-refractivity contribution in [2.75, 3.05) is 11.9 Å². The Morgan fingerprint density at radius 2 is 2.17 bits per heavy atom. The molecule has 0 unspecified atom stereocenters. The number of H-pyrrole nitrogens is 1. The summed E-state index contributed by atoms with van der Waals surface area (Å²) in [5.74, 6) is -0.613. The normalized spacial score (nSPS) is 10.7. The highest BCUT2D eigenvalue weighted by Crippen LogP contribution is 2.20. The first-order valence-corrected chi connectivity index (χ1v) is 8.53. The van der Waals surface area contributed by atoms with E-state index in [2.05, 4.69) is 15.3 Å². The summed E-state index contributed by atoms with van der Waals surface area (Å²) in [6.45, 7) is 2.03. The van der Waals surface area contributed by atoms with E-state index >= 15 is 0 Å². The molecule has 0 spiro atoms. The van der Waals surface area contributed by atoms with Gasteiger partial charge in [-0.1, -0.05) is 18.2 Å². The first-order valence-electron chi connectivity index (χ1n) is 7.65. The van der Waals surface area contributed by atoms with Crippen LogP contribution in [0.1, 0.15) is 29.4 Å². The fourth-order valence-corrected chi connectivity index (χ4v) is 3.09. The number of aryl methyl sites for hydroxylation is 1. The number of carbonyl (C=O) groups is 2. The zero-order valence-corrected chi connectivity index (χ0v) is 14.0. The molecule has 0 aliphatic rings. The molecule has 3 rings (SSSR count). The molecular weight excluding hydrogens is 326 g/mol. The molecule has 2 N–H and O–H groups in total. The predicted molar refractivity (Wildman–Crippen MR) is 93.3 cm³/mol. The largest absolute Gasteiger partial charge is 0.461 e. The summed E-state index contributed by atoms with van der Waals surface area (Å²) < 4.78 is 4.87. The van der Waals surface area contributed by atoms with Gasteiger partial charge in [-0.25, -0.2) is 9.78 Å². The van der Waals surface area contributed by atoms with Crippen LogP contribution in [0.3, 0.4) is 0 Å². The first kappa shape index (κ1) is 16.2. The molecule has 1 amide bonds. The van der Waals surface area contributed by atoms with E-state index in [1.165, 1.54) is 11.3 Å². The number of fused-ring (bicyclic) bond motifs is 1. The maximum Gasteiger partial charge on any atom is 0.357 e. The van der Waals surface area contributed by atoms with Gasteiger partial charge in [0.1, 0.15) is 0 Å². The summed E-state index contributed by atoms with van der Waals surface area (Å²) >= 11 is 1.21. The van der Waals surface area contributed by atoms with Gasteiger partial charge in [-0.15, -0.1) is 11.3 Å². The summed E-state index contributed by atoms with van der Waals surface area (Å²) in [5, 5.41) is 5.83. The number of aromatic amines is 1. The Labute approximate surface area is 142 Å². The number of aromatic nitrogens is 2. The molecule has 124 valence electrons. The van der Waals surface area contributed by atoms with Gasteiger partial charge in [0.2, 0.25) is 5.91 Å². The Bertz CT molecular complexity index is 869. The molecule has 2 aromatic heterocycles. The Balaban J connectivity index is 1.57. The summed E-state index contributed by atoms with van der Waals surface area (Å²) in [7, 11) is 0. The van der Waals surface area contributed by atoms with E-state index in [1.807, 2.05) is 30.5 Å². The Morgan fingerprint density at radius 1 is 1.33 bits per heavy atom. The zero-order valence-electron chi connectivity index (χ0n) is 13.2. The summed E-state index contributed by atoms with van der Waals surface area (Å²) in [4.78, 5) is 30.9. The number of amides is 1. The van der Waals surface area contributed by atoms with Gasteiger partial charge in [-0.2, -0.15) is 0 Å². The quantitative estimate of drug-likeness (QED) is 0.672. The monoisotopic (exact) mass is 343 g/mol. The Morgan fingerprint density at radius 3 is 3.00 bits per heavy atom. The Hall–Kier alpha value is -2.67. The zero-order chi connectivity index (χ0) is 16.9. The van der Waals surface area contributed by atoms with E-state index in [4.69, 9.17) is 4.74 Å². The van der Waals surface area contributed by atoms with Crippen LogP contribution in [0.2, 0.25) is 0 Å². The number of hydrogen-bond donors (Lipinski definition) is 2. The van der Waals surface area contributed by atoms with Crippen LogP contribution in [0.15, 0.2) is 35.8 Å². The molecule has 24 heavy (non-hydrogen) atoms. The molecule has 0 atom stereocenters. The number of ether oxygens (including phenoxy) is 1. The van der Waals surface area contributed by atoms with Crippen molar-refractivity contribution in [3.8, 4) is 0 Å². The van der Waals surface area contributed by atoms with Crippen LogP contribution in [-0.4, -0.2) is 28.5 Å². The van der Waals surface area contributed by atoms with Crippen LogP contribution in [0.25, 0.3) is 10.9 Å². The lowest BCUT2D eigenvalue weighted by Gasteiger charge is -2.01. The molecule has 0 saturated heterocycles. The molecule has 3 aromatic rings. The molecule has 0 aliphatic carbocycles. The van der Waals surface area contributed by atoms with Gasteiger partial charge < -0.3 is 15.0 Å². The minimum Gasteiger partial charge on any atom is -0.461 e. The van der Waals surface area contributed by atoms with E-state index in [0.29, 0.717) is 24.6 Å². The number of benzene rings is 1. The summed E-state index contributed by atoms with van der Waals surface area (Å²) in [6, 6.07) is 7.99. The number of nitrogens with one attached hydrogen (secondary N) is 2. The average molecular weight is 343 g/mol. The van der Waals surface area contributed by atoms with Crippen molar-refractivity contribution in [3.63, 3.8) is 0 Å². The fourth-order valence-electron chi connectivity index (χ4n) is 2.40. The molecule has 6 nitrogen and oxygen atoms in total. The standard InChI is InChI=1S/C17H17N3O3S/c1-2-23-16(22)14-10-24-17(19-14)20-15(21)8-7-11-9-18-13-6-4-3-5-12(11)13/h3-6,9-10,18H,2,7-8H2,1H3,(H,19,20,21). The number of thiazole rings is 1. The van der Waals surface area contributed by atoms with Gasteiger partial charge in [0.05, 0.1) is 6.61 Å². The smallest absolute Gasteiger partial charge is 0.357 e. The second-order valence-corrected chi connectivity index (χ2v) is 6.02. The van der Waals surface area contributed by atoms with Gasteiger partial charge in [0, 0.05) is 28.9 Å². The van der Waals surface area contributed by atoms with Gasteiger partial charge in [-0.3, -0.25) is 4.79 Å². The molecule has 2 heterocycles. The molecule has 0 bridgehead atoms. The van der Waals surface area contributed by atoms with Crippen molar-refractivity contribution >= 4 is 39.2 Å². The highest BCUT2D eigenvalue weighted by molar-refractivity contribution is 7.14. The number of carbonyl (C=O) groups excluding carboxylic acids is 2. The van der Waals surface area contributed by atoms with Crippen molar-refractivity contribution in [3.05, 3.63) is 47.1 Å². The summed E-state index contributed by atoms with van der Waals surface area (Å²) in [6.07, 6.45) is 2.91. The van der Waals surface area contributed by atoms with Crippen LogP contribution in [0, 0.1) is 0 Å². The van der Waals surface area contributed by atoms with E-state index in [1.54, 1.807) is 12.3 Å². The van der Waals surface area contributed by atoms with Crippen molar-refractivity contribution in [1.82, 2.24) is 9.97 Å². The van der Waals surface area contributed by atoms with E-state index in [0.717, 1.165) is 16.5 Å². The maximum absolute atomic E-state index is 12.1. The summed E-state index contributed by atoms with van der Waals surface area (Å²) in [5.41, 5.74) is 2.38. The molecule has 7 heteroatoms. The number of para-hydroxylation sites is 1. The molecule has 0 saturated carbocycles. The predicted octanol–water partition coefficient (Wildman–Crippen LogP) is 3.37.